The molecule has 1 aromatic heterocycles. The van der Waals surface area contributed by atoms with E-state index in [1.807, 2.05) is 6.92 Å². The van der Waals surface area contributed by atoms with E-state index in [-0.39, 0.29) is 0 Å². The van der Waals surface area contributed by atoms with Gasteiger partial charge in [-0.05, 0) is 42.1 Å². The van der Waals surface area contributed by atoms with Gasteiger partial charge in [0.15, 0.2) is 0 Å². The summed E-state index contributed by atoms with van der Waals surface area (Å²) in [5.41, 5.74) is -0.538. The quantitative estimate of drug-likeness (QED) is 0.857. The number of nitrogens with zero attached hydrogens (tertiary/aromatic N) is 3. The Morgan fingerprint density at radius 3 is 2.69 bits per heavy atom. The average Bonchev–Trinajstić information content (AvgIpc) is 2.41. The van der Waals surface area contributed by atoms with Gasteiger partial charge in [-0.3, -0.25) is 0 Å². The second-order valence-corrected chi connectivity index (χ2v) is 5.45. The molecule has 1 N–H and O–H groups in total. The van der Waals surface area contributed by atoms with Gasteiger partial charge in [0.2, 0.25) is 5.95 Å². The summed E-state index contributed by atoms with van der Waals surface area (Å²) in [7, 11) is 0. The van der Waals surface area contributed by atoms with Crippen molar-refractivity contribution in [2.45, 2.75) is 31.8 Å². The van der Waals surface area contributed by atoms with Crippen molar-refractivity contribution in [1.82, 2.24) is 9.97 Å². The van der Waals surface area contributed by atoms with Crippen molar-refractivity contribution >= 4 is 21.9 Å². The molecule has 1 fully saturated rings. The molecule has 5 heteroatoms. The van der Waals surface area contributed by atoms with Gasteiger partial charge < -0.3 is 10.0 Å². The zero-order chi connectivity index (χ0) is 11.6. The largest absolute Gasteiger partial charge is 0.390 e. The number of aromatic nitrogens is 2. The smallest absolute Gasteiger partial charge is 0.225 e. The minimum atomic E-state index is -0.538. The van der Waals surface area contributed by atoms with Crippen LogP contribution in [0.25, 0.3) is 0 Å². The summed E-state index contributed by atoms with van der Waals surface area (Å²) in [6.07, 6.45) is 6.11. The van der Waals surface area contributed by atoms with Gasteiger partial charge >= 0.3 is 0 Å². The van der Waals surface area contributed by atoms with E-state index in [0.29, 0.717) is 0 Å². The lowest BCUT2D eigenvalue weighted by Crippen LogP contribution is -2.29. The molecule has 88 valence electrons. The molecule has 0 spiro atoms. The van der Waals surface area contributed by atoms with Gasteiger partial charge in [0.1, 0.15) is 0 Å². The summed E-state index contributed by atoms with van der Waals surface area (Å²) in [6.45, 7) is 3.63. The molecule has 0 radical (unpaired) electrons. The lowest BCUT2D eigenvalue weighted by Gasteiger charge is -2.22. The van der Waals surface area contributed by atoms with Crippen LogP contribution in [0.1, 0.15) is 26.2 Å². The van der Waals surface area contributed by atoms with Crippen molar-refractivity contribution in [1.29, 1.82) is 0 Å². The van der Waals surface area contributed by atoms with Crippen molar-refractivity contribution in [3.8, 4) is 0 Å². The summed E-state index contributed by atoms with van der Waals surface area (Å²) < 4.78 is 0.887. The van der Waals surface area contributed by atoms with Crippen LogP contribution in [-0.4, -0.2) is 33.8 Å². The molecule has 0 bridgehead atoms. The van der Waals surface area contributed by atoms with E-state index in [2.05, 4.69) is 30.8 Å². The molecular weight excluding hydrogens is 270 g/mol. The van der Waals surface area contributed by atoms with Gasteiger partial charge in [-0.2, -0.15) is 0 Å². The van der Waals surface area contributed by atoms with Gasteiger partial charge in [-0.25, -0.2) is 9.97 Å². The summed E-state index contributed by atoms with van der Waals surface area (Å²) in [5.74, 6) is 0.751. The molecule has 1 aromatic rings. The average molecular weight is 286 g/mol. The highest BCUT2D eigenvalue weighted by molar-refractivity contribution is 9.10. The fourth-order valence-electron chi connectivity index (χ4n) is 1.93. The van der Waals surface area contributed by atoms with Gasteiger partial charge in [0.25, 0.3) is 0 Å². The van der Waals surface area contributed by atoms with Crippen LogP contribution in [0.2, 0.25) is 0 Å². The van der Waals surface area contributed by atoms with E-state index in [9.17, 15) is 5.11 Å². The van der Waals surface area contributed by atoms with Crippen LogP contribution in [0.5, 0.6) is 0 Å². The van der Waals surface area contributed by atoms with Crippen LogP contribution < -0.4 is 4.90 Å². The maximum absolute atomic E-state index is 9.99. The van der Waals surface area contributed by atoms with Crippen molar-refractivity contribution in [3.05, 3.63) is 16.9 Å². The first-order valence-electron chi connectivity index (χ1n) is 5.52. The van der Waals surface area contributed by atoms with Crippen LogP contribution in [0.4, 0.5) is 5.95 Å². The van der Waals surface area contributed by atoms with Crippen molar-refractivity contribution in [2.24, 2.45) is 0 Å². The number of hydrogen-bond donors (Lipinski definition) is 1. The highest BCUT2D eigenvalue weighted by atomic mass is 79.9. The summed E-state index contributed by atoms with van der Waals surface area (Å²) in [4.78, 5) is 10.7. The number of rotatable bonds is 1. The Hall–Kier alpha value is -0.680. The Labute approximate surface area is 104 Å². The second kappa shape index (κ2) is 4.67. The fourth-order valence-corrected chi connectivity index (χ4v) is 2.14. The number of hydrogen-bond acceptors (Lipinski definition) is 4. The Kier molecular flexibility index (Phi) is 3.44. The minimum Gasteiger partial charge on any atom is -0.390 e. The van der Waals surface area contributed by atoms with Crippen LogP contribution in [0, 0.1) is 0 Å². The summed E-state index contributed by atoms with van der Waals surface area (Å²) in [5, 5.41) is 9.99. The Balaban J connectivity index is 2.08. The maximum atomic E-state index is 9.99. The third-order valence-corrected chi connectivity index (χ3v) is 3.36. The molecule has 1 unspecified atom stereocenters. The minimum absolute atomic E-state index is 0.538. The molecule has 1 aliphatic heterocycles. The molecule has 2 rings (SSSR count). The monoisotopic (exact) mass is 285 g/mol. The first-order valence-corrected chi connectivity index (χ1v) is 6.31. The van der Waals surface area contributed by atoms with E-state index in [0.717, 1.165) is 42.8 Å². The van der Waals surface area contributed by atoms with Gasteiger partial charge in [0, 0.05) is 25.5 Å². The molecule has 1 saturated heterocycles. The molecule has 2 heterocycles. The SMILES string of the molecule is CC1(O)CCCN(c2ncc(Br)cn2)CC1. The van der Waals surface area contributed by atoms with Crippen molar-refractivity contribution in [2.75, 3.05) is 18.0 Å². The molecule has 0 saturated carbocycles. The zero-order valence-electron chi connectivity index (χ0n) is 9.36. The predicted octanol–water partition coefficient (Wildman–Crippen LogP) is 1.98. The fraction of sp³-hybridized carbons (Fsp3) is 0.636. The highest BCUT2D eigenvalue weighted by Gasteiger charge is 2.25. The van der Waals surface area contributed by atoms with Crippen molar-refractivity contribution in [3.63, 3.8) is 0 Å². The number of halogens is 1. The molecule has 0 amide bonds. The van der Waals surface area contributed by atoms with E-state index >= 15 is 0 Å². The Bertz CT molecular complexity index is 353. The molecule has 16 heavy (non-hydrogen) atoms. The molecule has 1 atom stereocenters. The maximum Gasteiger partial charge on any atom is 0.225 e. The normalized spacial score (nSPS) is 26.6. The van der Waals surface area contributed by atoms with Crippen LogP contribution >= 0.6 is 15.9 Å². The summed E-state index contributed by atoms with van der Waals surface area (Å²) >= 11 is 3.32. The highest BCUT2D eigenvalue weighted by Crippen LogP contribution is 2.23. The lowest BCUT2D eigenvalue weighted by molar-refractivity contribution is 0.0481. The van der Waals surface area contributed by atoms with Gasteiger partial charge in [-0.15, -0.1) is 0 Å². The third-order valence-electron chi connectivity index (χ3n) is 2.95. The van der Waals surface area contributed by atoms with E-state index < -0.39 is 5.60 Å². The molecule has 0 aromatic carbocycles. The standard InChI is InChI=1S/C11H16BrN3O/c1-11(16)3-2-5-15(6-4-11)10-13-7-9(12)8-14-10/h7-8,16H,2-6H2,1H3. The number of aliphatic hydroxyl groups is 1. The van der Waals surface area contributed by atoms with Crippen LogP contribution in [0.15, 0.2) is 16.9 Å². The predicted molar refractivity (Wildman–Crippen MR) is 66.4 cm³/mol. The van der Waals surface area contributed by atoms with Crippen LogP contribution in [-0.2, 0) is 0 Å². The summed E-state index contributed by atoms with van der Waals surface area (Å²) in [6, 6.07) is 0. The van der Waals surface area contributed by atoms with E-state index in [1.165, 1.54) is 0 Å². The van der Waals surface area contributed by atoms with E-state index in [1.54, 1.807) is 12.4 Å². The van der Waals surface area contributed by atoms with Gasteiger partial charge in [0.05, 0.1) is 10.1 Å². The second-order valence-electron chi connectivity index (χ2n) is 4.54. The third kappa shape index (κ3) is 2.92. The Morgan fingerprint density at radius 2 is 2.00 bits per heavy atom. The topological polar surface area (TPSA) is 49.2 Å². The van der Waals surface area contributed by atoms with E-state index in [4.69, 9.17) is 0 Å². The number of anilines is 1. The Morgan fingerprint density at radius 1 is 1.31 bits per heavy atom. The zero-order valence-corrected chi connectivity index (χ0v) is 10.9. The van der Waals surface area contributed by atoms with Gasteiger partial charge in [-0.1, -0.05) is 0 Å². The first kappa shape index (κ1) is 11.8. The van der Waals surface area contributed by atoms with Crippen molar-refractivity contribution < 1.29 is 5.11 Å². The first-order chi connectivity index (χ1) is 7.57. The molecule has 0 aliphatic carbocycles. The molecule has 1 aliphatic rings. The van der Waals surface area contributed by atoms with Crippen LogP contribution in [0.3, 0.4) is 0 Å². The lowest BCUT2D eigenvalue weighted by atomic mass is 9.98. The molecule has 4 nitrogen and oxygen atoms in total. The molecular formula is C11H16BrN3O.